The summed E-state index contributed by atoms with van der Waals surface area (Å²) >= 11 is 0. The van der Waals surface area contributed by atoms with Gasteiger partial charge in [0.05, 0.1) is 6.54 Å². The van der Waals surface area contributed by atoms with E-state index < -0.39 is 0 Å². The van der Waals surface area contributed by atoms with E-state index in [-0.39, 0.29) is 0 Å². The van der Waals surface area contributed by atoms with Crippen LogP contribution in [0.2, 0.25) is 0 Å². The van der Waals surface area contributed by atoms with Crippen molar-refractivity contribution < 1.29 is 4.52 Å². The highest BCUT2D eigenvalue weighted by Crippen LogP contribution is 2.32. The third-order valence-electron chi connectivity index (χ3n) is 2.45. The Balaban J connectivity index is 2.03. The molecule has 1 saturated carbocycles. The van der Waals surface area contributed by atoms with Gasteiger partial charge in [0.1, 0.15) is 0 Å². The van der Waals surface area contributed by atoms with Crippen LogP contribution in [0.1, 0.15) is 43.3 Å². The summed E-state index contributed by atoms with van der Waals surface area (Å²) in [5.74, 6) is 7.06. The van der Waals surface area contributed by atoms with Crippen LogP contribution in [-0.2, 0) is 6.54 Å². The van der Waals surface area contributed by atoms with Gasteiger partial charge in [-0.05, 0) is 12.8 Å². The molecule has 0 radical (unpaired) electrons. The van der Waals surface area contributed by atoms with Crippen molar-refractivity contribution in [1.29, 1.82) is 0 Å². The van der Waals surface area contributed by atoms with Gasteiger partial charge in [-0.2, -0.15) is 4.98 Å². The van der Waals surface area contributed by atoms with E-state index >= 15 is 0 Å². The second-order valence-electron chi connectivity index (χ2n) is 3.41. The molecule has 0 saturated heterocycles. The Morgan fingerprint density at radius 3 is 2.92 bits per heavy atom. The van der Waals surface area contributed by atoms with E-state index in [1.54, 1.807) is 0 Å². The molecule has 1 heterocycles. The SMILES string of the molecule is NNCc1noc(C2CCCC2)n1. The van der Waals surface area contributed by atoms with E-state index in [9.17, 15) is 0 Å². The van der Waals surface area contributed by atoms with Crippen LogP contribution >= 0.6 is 0 Å². The Morgan fingerprint density at radius 2 is 2.23 bits per heavy atom. The molecule has 72 valence electrons. The highest BCUT2D eigenvalue weighted by Gasteiger charge is 2.22. The molecule has 0 spiro atoms. The molecule has 5 heteroatoms. The monoisotopic (exact) mass is 182 g/mol. The summed E-state index contributed by atoms with van der Waals surface area (Å²) < 4.78 is 5.14. The van der Waals surface area contributed by atoms with Crippen molar-refractivity contribution in [2.75, 3.05) is 0 Å². The molecule has 0 unspecified atom stereocenters. The number of aromatic nitrogens is 2. The molecule has 1 aromatic heterocycles. The molecule has 0 bridgehead atoms. The van der Waals surface area contributed by atoms with Gasteiger partial charge in [-0.15, -0.1) is 0 Å². The van der Waals surface area contributed by atoms with Gasteiger partial charge >= 0.3 is 0 Å². The Bertz CT molecular complexity index is 267. The number of rotatable bonds is 3. The molecule has 0 aliphatic heterocycles. The zero-order valence-electron chi connectivity index (χ0n) is 7.49. The summed E-state index contributed by atoms with van der Waals surface area (Å²) in [4.78, 5) is 4.26. The van der Waals surface area contributed by atoms with E-state index in [1.165, 1.54) is 25.7 Å². The minimum atomic E-state index is 0.468. The number of hydrogen-bond donors (Lipinski definition) is 2. The summed E-state index contributed by atoms with van der Waals surface area (Å²) in [7, 11) is 0. The average molecular weight is 182 g/mol. The fraction of sp³-hybridized carbons (Fsp3) is 0.750. The topological polar surface area (TPSA) is 77.0 Å². The first kappa shape index (κ1) is 8.65. The predicted molar refractivity (Wildman–Crippen MR) is 46.5 cm³/mol. The highest BCUT2D eigenvalue weighted by atomic mass is 16.5. The van der Waals surface area contributed by atoms with Crippen molar-refractivity contribution in [3.63, 3.8) is 0 Å². The largest absolute Gasteiger partial charge is 0.339 e. The van der Waals surface area contributed by atoms with Crippen LogP contribution in [-0.4, -0.2) is 10.1 Å². The van der Waals surface area contributed by atoms with Crippen molar-refractivity contribution in [1.82, 2.24) is 15.6 Å². The summed E-state index contributed by atoms with van der Waals surface area (Å²) in [5.41, 5.74) is 2.50. The minimum absolute atomic E-state index is 0.468. The molecule has 3 N–H and O–H groups in total. The lowest BCUT2D eigenvalue weighted by Crippen LogP contribution is -2.21. The lowest BCUT2D eigenvalue weighted by molar-refractivity contribution is 0.349. The molecule has 1 aromatic rings. The summed E-state index contributed by atoms with van der Waals surface area (Å²) in [6, 6.07) is 0. The third kappa shape index (κ3) is 1.87. The number of nitrogens with one attached hydrogen (secondary N) is 1. The van der Waals surface area contributed by atoms with E-state index in [0.717, 1.165) is 5.89 Å². The van der Waals surface area contributed by atoms with Gasteiger partial charge < -0.3 is 4.52 Å². The molecular formula is C8H14N4O. The number of hydrogen-bond acceptors (Lipinski definition) is 5. The van der Waals surface area contributed by atoms with Crippen molar-refractivity contribution in [2.24, 2.45) is 5.84 Å². The average Bonchev–Trinajstić information content (AvgIpc) is 2.70. The first-order valence-electron chi connectivity index (χ1n) is 4.66. The van der Waals surface area contributed by atoms with Gasteiger partial charge in [-0.25, -0.2) is 0 Å². The molecule has 5 nitrogen and oxygen atoms in total. The van der Waals surface area contributed by atoms with Crippen LogP contribution in [0.3, 0.4) is 0 Å². The standard InChI is InChI=1S/C8H14N4O/c9-10-5-7-11-8(13-12-7)6-3-1-2-4-6/h6,10H,1-5,9H2. The Kier molecular flexibility index (Phi) is 2.56. The van der Waals surface area contributed by atoms with Gasteiger partial charge in [0.25, 0.3) is 0 Å². The Labute approximate surface area is 76.7 Å². The van der Waals surface area contributed by atoms with E-state index in [0.29, 0.717) is 18.3 Å². The molecule has 2 rings (SSSR count). The van der Waals surface area contributed by atoms with Crippen molar-refractivity contribution in [2.45, 2.75) is 38.1 Å². The van der Waals surface area contributed by atoms with Crippen LogP contribution in [0, 0.1) is 0 Å². The molecule has 0 amide bonds. The Hall–Kier alpha value is -0.940. The molecule has 1 aliphatic rings. The minimum Gasteiger partial charge on any atom is -0.339 e. The predicted octanol–water partition coefficient (Wildman–Crippen LogP) is 0.690. The van der Waals surface area contributed by atoms with Gasteiger partial charge in [0, 0.05) is 5.92 Å². The quantitative estimate of drug-likeness (QED) is 0.531. The second-order valence-corrected chi connectivity index (χ2v) is 3.41. The maximum absolute atomic E-state index is 5.15. The first-order valence-corrected chi connectivity index (χ1v) is 4.66. The molecular weight excluding hydrogens is 168 g/mol. The third-order valence-corrected chi connectivity index (χ3v) is 2.45. The summed E-state index contributed by atoms with van der Waals surface area (Å²) in [5, 5.41) is 3.82. The van der Waals surface area contributed by atoms with Crippen LogP contribution in [0.4, 0.5) is 0 Å². The first-order chi connectivity index (χ1) is 6.40. The number of nitrogens with zero attached hydrogens (tertiary/aromatic N) is 2. The molecule has 1 fully saturated rings. The van der Waals surface area contributed by atoms with Gasteiger partial charge in [0.2, 0.25) is 5.89 Å². The zero-order valence-corrected chi connectivity index (χ0v) is 7.49. The molecule has 0 aromatic carbocycles. The smallest absolute Gasteiger partial charge is 0.229 e. The molecule has 1 aliphatic carbocycles. The fourth-order valence-electron chi connectivity index (χ4n) is 1.77. The van der Waals surface area contributed by atoms with Crippen LogP contribution < -0.4 is 11.3 Å². The van der Waals surface area contributed by atoms with Crippen molar-refractivity contribution >= 4 is 0 Å². The van der Waals surface area contributed by atoms with Crippen LogP contribution in [0.5, 0.6) is 0 Å². The zero-order chi connectivity index (χ0) is 9.10. The van der Waals surface area contributed by atoms with Gasteiger partial charge in [0.15, 0.2) is 5.82 Å². The molecule has 0 atom stereocenters. The summed E-state index contributed by atoms with van der Waals surface area (Å²) in [6.07, 6.45) is 4.91. The van der Waals surface area contributed by atoms with E-state index in [1.807, 2.05) is 0 Å². The van der Waals surface area contributed by atoms with Gasteiger partial charge in [-0.1, -0.05) is 18.0 Å². The van der Waals surface area contributed by atoms with Crippen LogP contribution in [0.15, 0.2) is 4.52 Å². The van der Waals surface area contributed by atoms with E-state index in [4.69, 9.17) is 10.4 Å². The maximum atomic E-state index is 5.15. The van der Waals surface area contributed by atoms with E-state index in [2.05, 4.69) is 15.6 Å². The number of hydrazine groups is 1. The van der Waals surface area contributed by atoms with Crippen molar-refractivity contribution in [3.05, 3.63) is 11.7 Å². The van der Waals surface area contributed by atoms with Gasteiger partial charge in [-0.3, -0.25) is 11.3 Å². The fourth-order valence-corrected chi connectivity index (χ4v) is 1.77. The lowest BCUT2D eigenvalue weighted by atomic mass is 10.1. The van der Waals surface area contributed by atoms with Crippen LogP contribution in [0.25, 0.3) is 0 Å². The Morgan fingerprint density at radius 1 is 1.46 bits per heavy atom. The normalized spacial score (nSPS) is 18.2. The highest BCUT2D eigenvalue weighted by molar-refractivity contribution is 4.95. The number of nitrogens with two attached hydrogens (primary N) is 1. The second kappa shape index (κ2) is 3.85. The molecule has 13 heavy (non-hydrogen) atoms. The summed E-state index contributed by atoms with van der Waals surface area (Å²) in [6.45, 7) is 0.468. The maximum Gasteiger partial charge on any atom is 0.229 e. The van der Waals surface area contributed by atoms with Crippen molar-refractivity contribution in [3.8, 4) is 0 Å². The lowest BCUT2D eigenvalue weighted by Gasteiger charge is -1.99.